The smallest absolute Gasteiger partial charge is 0.251 e. The molecule has 1 fully saturated rings. The van der Waals surface area contributed by atoms with Crippen molar-refractivity contribution in [1.82, 2.24) is 15.3 Å². The lowest BCUT2D eigenvalue weighted by Crippen LogP contribution is -2.31. The quantitative estimate of drug-likeness (QED) is 0.665. The van der Waals surface area contributed by atoms with Gasteiger partial charge in [-0.2, -0.15) is 0 Å². The molecule has 1 aliphatic rings. The average molecular weight is 383 g/mol. The first-order valence-electron chi connectivity index (χ1n) is 10.3. The van der Waals surface area contributed by atoms with Gasteiger partial charge in [0.2, 0.25) is 5.95 Å². The van der Waals surface area contributed by atoms with E-state index in [1.165, 1.54) is 32.1 Å². The second kappa shape index (κ2) is 10.6. The number of carbonyl (C=O) groups is 1. The Hall–Kier alpha value is -2.63. The molecule has 6 heteroatoms. The third kappa shape index (κ3) is 5.94. The fourth-order valence-electron chi connectivity index (χ4n) is 3.25. The third-order valence-corrected chi connectivity index (χ3v) is 4.90. The molecule has 0 aliphatic carbocycles. The minimum absolute atomic E-state index is 0.115. The summed E-state index contributed by atoms with van der Waals surface area (Å²) in [6.07, 6.45) is 8.80. The molecule has 2 aromatic rings. The lowest BCUT2D eigenvalue weighted by Gasteiger charge is -2.26. The molecule has 0 saturated carbocycles. The summed E-state index contributed by atoms with van der Waals surface area (Å²) in [4.78, 5) is 23.6. The monoisotopic (exact) mass is 382 g/mol. The largest absolute Gasteiger partial charge is 0.494 e. The lowest BCUT2D eigenvalue weighted by atomic mass is 10.1. The van der Waals surface area contributed by atoms with Crippen LogP contribution in [0.3, 0.4) is 0 Å². The van der Waals surface area contributed by atoms with Crippen LogP contribution in [0, 0.1) is 0 Å². The van der Waals surface area contributed by atoms with E-state index in [0.29, 0.717) is 18.7 Å². The Kier molecular flexibility index (Phi) is 7.64. The van der Waals surface area contributed by atoms with Crippen molar-refractivity contribution in [3.05, 3.63) is 47.8 Å². The molecule has 1 amide bonds. The molecule has 0 bridgehead atoms. The average Bonchev–Trinajstić information content (AvgIpc) is 2.76. The van der Waals surface area contributed by atoms with Gasteiger partial charge in [0.1, 0.15) is 5.75 Å². The van der Waals surface area contributed by atoms with Crippen molar-refractivity contribution in [3.63, 3.8) is 0 Å². The fourth-order valence-corrected chi connectivity index (χ4v) is 3.25. The Morgan fingerprint density at radius 3 is 2.64 bits per heavy atom. The predicted molar refractivity (Wildman–Crippen MR) is 111 cm³/mol. The van der Waals surface area contributed by atoms with Crippen LogP contribution in [-0.2, 0) is 6.54 Å². The highest BCUT2D eigenvalue weighted by Gasteiger charge is 2.14. The van der Waals surface area contributed by atoms with E-state index in [4.69, 9.17) is 4.74 Å². The van der Waals surface area contributed by atoms with Crippen LogP contribution in [0.4, 0.5) is 5.95 Å². The molecule has 0 spiro atoms. The molecule has 1 N–H and O–H groups in total. The Bertz CT molecular complexity index is 742. The van der Waals surface area contributed by atoms with E-state index in [9.17, 15) is 4.79 Å². The summed E-state index contributed by atoms with van der Waals surface area (Å²) in [7, 11) is 0. The fraction of sp³-hybridized carbons (Fsp3) is 0.500. The lowest BCUT2D eigenvalue weighted by molar-refractivity contribution is 0.0950. The van der Waals surface area contributed by atoms with Gasteiger partial charge in [-0.05, 0) is 56.0 Å². The van der Waals surface area contributed by atoms with Gasteiger partial charge in [0.25, 0.3) is 5.91 Å². The van der Waals surface area contributed by atoms with E-state index in [1.807, 2.05) is 18.2 Å². The van der Waals surface area contributed by atoms with Crippen LogP contribution < -0.4 is 15.0 Å². The highest BCUT2D eigenvalue weighted by atomic mass is 16.5. The van der Waals surface area contributed by atoms with Gasteiger partial charge in [-0.15, -0.1) is 0 Å². The Morgan fingerprint density at radius 1 is 1.11 bits per heavy atom. The molecular formula is C22H30N4O2. The normalized spacial score (nSPS) is 14.0. The Balaban J connectivity index is 1.49. The van der Waals surface area contributed by atoms with Crippen molar-refractivity contribution in [2.24, 2.45) is 0 Å². The molecule has 3 rings (SSSR count). The maximum Gasteiger partial charge on any atom is 0.251 e. The summed E-state index contributed by atoms with van der Waals surface area (Å²) in [5, 5.41) is 2.94. The number of nitrogens with zero attached hydrogens (tertiary/aromatic N) is 3. The van der Waals surface area contributed by atoms with E-state index in [0.717, 1.165) is 36.9 Å². The Morgan fingerprint density at radius 2 is 1.89 bits per heavy atom. The number of nitrogens with one attached hydrogen (secondary N) is 1. The second-order valence-corrected chi connectivity index (χ2v) is 7.16. The van der Waals surface area contributed by atoms with Gasteiger partial charge < -0.3 is 15.0 Å². The van der Waals surface area contributed by atoms with Gasteiger partial charge in [-0.3, -0.25) is 4.79 Å². The summed E-state index contributed by atoms with van der Waals surface area (Å²) >= 11 is 0. The van der Waals surface area contributed by atoms with Crippen LogP contribution in [0.1, 0.15) is 61.5 Å². The van der Waals surface area contributed by atoms with E-state index in [2.05, 4.69) is 27.1 Å². The number of ether oxygens (including phenoxy) is 1. The molecule has 0 unspecified atom stereocenters. The second-order valence-electron chi connectivity index (χ2n) is 7.16. The molecule has 28 heavy (non-hydrogen) atoms. The van der Waals surface area contributed by atoms with Crippen LogP contribution in [-0.4, -0.2) is 35.6 Å². The van der Waals surface area contributed by atoms with Gasteiger partial charge in [0, 0.05) is 24.8 Å². The standard InChI is InChI=1S/C22H30N4O2/c1-2-3-7-16-28-20-10-8-18(9-11-20)21(27)24-17-19-12-13-23-22(25-19)26-14-5-4-6-15-26/h8-13H,2-7,14-17H2,1H3,(H,24,27). The molecule has 1 aromatic carbocycles. The maximum atomic E-state index is 12.4. The molecule has 1 saturated heterocycles. The zero-order valence-electron chi connectivity index (χ0n) is 16.7. The first-order chi connectivity index (χ1) is 13.8. The first kappa shape index (κ1) is 20.1. The van der Waals surface area contributed by atoms with Crippen molar-refractivity contribution < 1.29 is 9.53 Å². The number of hydrogen-bond donors (Lipinski definition) is 1. The van der Waals surface area contributed by atoms with Crippen LogP contribution in [0.5, 0.6) is 5.75 Å². The highest BCUT2D eigenvalue weighted by molar-refractivity contribution is 5.94. The molecule has 0 atom stereocenters. The van der Waals surface area contributed by atoms with Crippen LogP contribution in [0.15, 0.2) is 36.5 Å². The highest BCUT2D eigenvalue weighted by Crippen LogP contribution is 2.16. The molecule has 1 aromatic heterocycles. The number of unbranched alkanes of at least 4 members (excludes halogenated alkanes) is 2. The number of rotatable bonds is 9. The Labute approximate surface area is 167 Å². The number of aromatic nitrogens is 2. The van der Waals surface area contributed by atoms with Gasteiger partial charge in [0.05, 0.1) is 18.8 Å². The molecular weight excluding hydrogens is 352 g/mol. The molecule has 150 valence electrons. The van der Waals surface area contributed by atoms with E-state index < -0.39 is 0 Å². The summed E-state index contributed by atoms with van der Waals surface area (Å²) in [6.45, 7) is 5.28. The number of hydrogen-bond acceptors (Lipinski definition) is 5. The van der Waals surface area contributed by atoms with Gasteiger partial charge >= 0.3 is 0 Å². The van der Waals surface area contributed by atoms with Gasteiger partial charge in [-0.1, -0.05) is 19.8 Å². The van der Waals surface area contributed by atoms with E-state index in [-0.39, 0.29) is 5.91 Å². The number of benzene rings is 1. The summed E-state index contributed by atoms with van der Waals surface area (Å²) in [6, 6.07) is 9.13. The van der Waals surface area contributed by atoms with Crippen molar-refractivity contribution in [3.8, 4) is 5.75 Å². The van der Waals surface area contributed by atoms with Crippen molar-refractivity contribution >= 4 is 11.9 Å². The molecule has 1 aliphatic heterocycles. The van der Waals surface area contributed by atoms with E-state index in [1.54, 1.807) is 18.3 Å². The topological polar surface area (TPSA) is 67.3 Å². The van der Waals surface area contributed by atoms with Crippen molar-refractivity contribution in [1.29, 1.82) is 0 Å². The van der Waals surface area contributed by atoms with Crippen LogP contribution >= 0.6 is 0 Å². The predicted octanol–water partition coefficient (Wildman–Crippen LogP) is 3.97. The maximum absolute atomic E-state index is 12.4. The zero-order valence-corrected chi connectivity index (χ0v) is 16.7. The van der Waals surface area contributed by atoms with Crippen molar-refractivity contribution in [2.75, 3.05) is 24.6 Å². The van der Waals surface area contributed by atoms with Crippen molar-refractivity contribution in [2.45, 2.75) is 52.0 Å². The molecule has 2 heterocycles. The van der Waals surface area contributed by atoms with E-state index >= 15 is 0 Å². The van der Waals surface area contributed by atoms with Crippen LogP contribution in [0.25, 0.3) is 0 Å². The minimum Gasteiger partial charge on any atom is -0.494 e. The molecule has 0 radical (unpaired) electrons. The number of piperidine rings is 1. The first-order valence-corrected chi connectivity index (χ1v) is 10.3. The summed E-state index contributed by atoms with van der Waals surface area (Å²) < 4.78 is 5.69. The summed E-state index contributed by atoms with van der Waals surface area (Å²) in [5.74, 6) is 1.45. The SMILES string of the molecule is CCCCCOc1ccc(C(=O)NCc2ccnc(N3CCCCC3)n2)cc1. The molecule has 6 nitrogen and oxygen atoms in total. The number of carbonyl (C=O) groups excluding carboxylic acids is 1. The van der Waals surface area contributed by atoms with Gasteiger partial charge in [0.15, 0.2) is 0 Å². The summed E-state index contributed by atoms with van der Waals surface area (Å²) in [5.41, 5.74) is 1.44. The van der Waals surface area contributed by atoms with Crippen LogP contribution in [0.2, 0.25) is 0 Å². The number of amides is 1. The third-order valence-electron chi connectivity index (χ3n) is 4.90. The minimum atomic E-state index is -0.115. The number of anilines is 1. The zero-order chi connectivity index (χ0) is 19.6. The van der Waals surface area contributed by atoms with Gasteiger partial charge in [-0.25, -0.2) is 9.97 Å².